The molecule has 0 radical (unpaired) electrons. The summed E-state index contributed by atoms with van der Waals surface area (Å²) < 4.78 is 26.3. The molecule has 1 aliphatic rings. The van der Waals surface area contributed by atoms with E-state index in [9.17, 15) is 14.0 Å². The number of aromatic nitrogens is 3. The van der Waals surface area contributed by atoms with Crippen LogP contribution in [0, 0.1) is 5.82 Å². The fourth-order valence-corrected chi connectivity index (χ4v) is 5.11. The molecule has 0 bridgehead atoms. The van der Waals surface area contributed by atoms with Crippen LogP contribution in [0.1, 0.15) is 61.6 Å². The molecular weight excluding hydrogens is 471 g/mol. The van der Waals surface area contributed by atoms with Crippen molar-refractivity contribution in [2.75, 3.05) is 19.7 Å². The molecule has 10 heteroatoms. The van der Waals surface area contributed by atoms with Gasteiger partial charge in [-0.3, -0.25) is 0 Å². The van der Waals surface area contributed by atoms with Gasteiger partial charge in [-0.2, -0.15) is 0 Å². The van der Waals surface area contributed by atoms with Gasteiger partial charge in [0.25, 0.3) is 0 Å². The van der Waals surface area contributed by atoms with Gasteiger partial charge in [-0.05, 0) is 58.4 Å². The van der Waals surface area contributed by atoms with Gasteiger partial charge in [0.05, 0.1) is 6.61 Å². The number of hydrogen-bond donors (Lipinski definition) is 0. The Hall–Kier alpha value is -3.27. The van der Waals surface area contributed by atoms with Crippen LogP contribution in [0.3, 0.4) is 0 Å². The van der Waals surface area contributed by atoms with Crippen LogP contribution in [-0.2, 0) is 9.47 Å². The van der Waals surface area contributed by atoms with Gasteiger partial charge in [-0.1, -0.05) is 0 Å². The first-order valence-electron chi connectivity index (χ1n) is 11.6. The molecule has 1 aliphatic heterocycles. The second kappa shape index (κ2) is 10.2. The minimum atomic E-state index is -0.609. The van der Waals surface area contributed by atoms with E-state index < -0.39 is 11.6 Å². The average Bonchev–Trinajstić information content (AvgIpc) is 3.48. The van der Waals surface area contributed by atoms with Crippen molar-refractivity contribution in [3.8, 4) is 11.4 Å². The first-order chi connectivity index (χ1) is 16.7. The molecule has 0 aliphatic carbocycles. The van der Waals surface area contributed by atoms with Crippen LogP contribution in [0.25, 0.3) is 11.4 Å². The van der Waals surface area contributed by atoms with Gasteiger partial charge in [0.2, 0.25) is 0 Å². The van der Waals surface area contributed by atoms with Gasteiger partial charge in [-0.25, -0.2) is 23.9 Å². The lowest BCUT2D eigenvalue weighted by molar-refractivity contribution is 0.0162. The third-order valence-electron chi connectivity index (χ3n) is 5.68. The first kappa shape index (κ1) is 24.8. The molecule has 35 heavy (non-hydrogen) atoms. The molecule has 8 nitrogen and oxygen atoms in total. The van der Waals surface area contributed by atoms with Crippen LogP contribution in [0.4, 0.5) is 9.18 Å². The Morgan fingerprint density at radius 1 is 1.23 bits per heavy atom. The molecule has 0 N–H and O–H groups in total. The average molecular weight is 501 g/mol. The van der Waals surface area contributed by atoms with Crippen molar-refractivity contribution >= 4 is 23.4 Å². The van der Waals surface area contributed by atoms with Crippen molar-refractivity contribution in [3.05, 3.63) is 58.6 Å². The molecule has 2 atom stereocenters. The Morgan fingerprint density at radius 2 is 1.97 bits per heavy atom. The Kier molecular flexibility index (Phi) is 7.20. The lowest BCUT2D eigenvalue weighted by Crippen LogP contribution is -2.45. The highest BCUT2D eigenvalue weighted by Gasteiger charge is 2.38. The number of piperidine rings is 1. The molecule has 3 heterocycles. The third kappa shape index (κ3) is 5.70. The van der Waals surface area contributed by atoms with Gasteiger partial charge in [-0.15, -0.1) is 11.3 Å². The van der Waals surface area contributed by atoms with Crippen LogP contribution in [0.15, 0.2) is 42.0 Å². The highest BCUT2D eigenvalue weighted by atomic mass is 32.1. The Labute approximate surface area is 207 Å². The van der Waals surface area contributed by atoms with Crippen molar-refractivity contribution in [3.63, 3.8) is 0 Å². The SMILES string of the molecule is CCOC(=O)c1csc(C2CN(C(=O)OC(C)(C)C)CCC2n2ccnc2-c2ccc(F)cc2)n1. The quantitative estimate of drug-likeness (QED) is 0.443. The molecule has 0 saturated carbocycles. The Bertz CT molecular complexity index is 1180. The summed E-state index contributed by atoms with van der Waals surface area (Å²) in [5.41, 5.74) is 0.433. The van der Waals surface area contributed by atoms with E-state index in [2.05, 4.69) is 14.5 Å². The fourth-order valence-electron chi connectivity index (χ4n) is 4.17. The molecule has 3 aromatic rings. The zero-order chi connectivity index (χ0) is 25.2. The molecular formula is C25H29FN4O4S. The maximum absolute atomic E-state index is 13.5. The second-order valence-corrected chi connectivity index (χ2v) is 10.2. The Morgan fingerprint density at radius 3 is 2.66 bits per heavy atom. The van der Waals surface area contributed by atoms with Crippen molar-refractivity contribution < 1.29 is 23.5 Å². The normalized spacial score (nSPS) is 18.4. The van der Waals surface area contributed by atoms with Crippen LogP contribution >= 0.6 is 11.3 Å². The van der Waals surface area contributed by atoms with Crippen molar-refractivity contribution in [2.45, 2.75) is 51.7 Å². The topological polar surface area (TPSA) is 86.5 Å². The third-order valence-corrected chi connectivity index (χ3v) is 6.66. The number of rotatable bonds is 5. The zero-order valence-corrected chi connectivity index (χ0v) is 21.0. The van der Waals surface area contributed by atoms with Crippen molar-refractivity contribution in [1.29, 1.82) is 0 Å². The maximum Gasteiger partial charge on any atom is 0.410 e. The van der Waals surface area contributed by atoms with Crippen molar-refractivity contribution in [2.24, 2.45) is 0 Å². The number of thiazole rings is 1. The summed E-state index contributed by atoms with van der Waals surface area (Å²) in [6.07, 6.45) is 3.84. The number of carbonyl (C=O) groups excluding carboxylic acids is 2. The van der Waals surface area contributed by atoms with E-state index in [0.717, 1.165) is 10.6 Å². The van der Waals surface area contributed by atoms with Gasteiger partial charge in [0, 0.05) is 48.4 Å². The van der Waals surface area contributed by atoms with E-state index in [0.29, 0.717) is 25.3 Å². The van der Waals surface area contributed by atoms with E-state index >= 15 is 0 Å². The smallest absolute Gasteiger partial charge is 0.410 e. The first-order valence-corrected chi connectivity index (χ1v) is 12.4. The van der Waals surface area contributed by atoms with Crippen LogP contribution < -0.4 is 0 Å². The minimum absolute atomic E-state index is 0.0857. The summed E-state index contributed by atoms with van der Waals surface area (Å²) in [7, 11) is 0. The number of halogens is 1. The highest BCUT2D eigenvalue weighted by Crippen LogP contribution is 2.40. The number of benzene rings is 1. The molecule has 1 amide bonds. The van der Waals surface area contributed by atoms with E-state index in [1.807, 2.05) is 27.0 Å². The second-order valence-electron chi connectivity index (χ2n) is 9.35. The number of ether oxygens (including phenoxy) is 2. The minimum Gasteiger partial charge on any atom is -0.461 e. The lowest BCUT2D eigenvalue weighted by atomic mass is 9.92. The number of imidazole rings is 1. The van der Waals surface area contributed by atoms with Crippen LogP contribution in [0.5, 0.6) is 0 Å². The summed E-state index contributed by atoms with van der Waals surface area (Å²) in [4.78, 5) is 35.9. The monoisotopic (exact) mass is 500 g/mol. The number of carbonyl (C=O) groups is 2. The van der Waals surface area contributed by atoms with E-state index in [1.165, 1.54) is 23.5 Å². The number of hydrogen-bond acceptors (Lipinski definition) is 7. The molecule has 2 aromatic heterocycles. The molecule has 1 saturated heterocycles. The van der Waals surface area contributed by atoms with Gasteiger partial charge in [0.15, 0.2) is 5.69 Å². The fraction of sp³-hybridized carbons (Fsp3) is 0.440. The summed E-state index contributed by atoms with van der Waals surface area (Å²) >= 11 is 1.37. The standard InChI is InChI=1S/C25H29FN4O4S/c1-5-33-23(31)19-15-35-22(28-19)18-14-29(24(32)34-25(2,3)4)12-10-20(18)30-13-11-27-21(30)16-6-8-17(26)9-7-16/h6-9,11,13,15,18,20H,5,10,12,14H2,1-4H3. The summed E-state index contributed by atoms with van der Waals surface area (Å²) in [5.74, 6) is -0.295. The maximum atomic E-state index is 13.5. The van der Waals surface area contributed by atoms with Crippen LogP contribution in [-0.4, -0.2) is 56.8 Å². The largest absolute Gasteiger partial charge is 0.461 e. The lowest BCUT2D eigenvalue weighted by Gasteiger charge is -2.39. The van der Waals surface area contributed by atoms with E-state index in [1.54, 1.807) is 35.5 Å². The van der Waals surface area contributed by atoms with Crippen molar-refractivity contribution in [1.82, 2.24) is 19.4 Å². The molecule has 186 valence electrons. The van der Waals surface area contributed by atoms with Crippen LogP contribution in [0.2, 0.25) is 0 Å². The molecule has 2 unspecified atom stereocenters. The highest BCUT2D eigenvalue weighted by molar-refractivity contribution is 7.09. The molecule has 0 spiro atoms. The van der Waals surface area contributed by atoms with E-state index in [-0.39, 0.29) is 36.2 Å². The summed E-state index contributed by atoms with van der Waals surface area (Å²) in [5, 5.41) is 2.41. The molecule has 1 fully saturated rings. The summed E-state index contributed by atoms with van der Waals surface area (Å²) in [6, 6.07) is 6.12. The number of nitrogens with zero attached hydrogens (tertiary/aromatic N) is 4. The van der Waals surface area contributed by atoms with Gasteiger partial charge >= 0.3 is 12.1 Å². The predicted octanol–water partition coefficient (Wildman–Crippen LogP) is 5.29. The van der Waals surface area contributed by atoms with Gasteiger partial charge < -0.3 is 18.9 Å². The number of esters is 1. The van der Waals surface area contributed by atoms with Gasteiger partial charge in [0.1, 0.15) is 22.3 Å². The Balaban J connectivity index is 1.68. The van der Waals surface area contributed by atoms with E-state index in [4.69, 9.17) is 9.47 Å². The number of amides is 1. The predicted molar refractivity (Wildman–Crippen MR) is 130 cm³/mol. The zero-order valence-electron chi connectivity index (χ0n) is 20.2. The number of likely N-dealkylation sites (tertiary alicyclic amines) is 1. The molecule has 1 aromatic carbocycles. The summed E-state index contributed by atoms with van der Waals surface area (Å²) in [6.45, 7) is 8.38. The molecule has 4 rings (SSSR count).